The summed E-state index contributed by atoms with van der Waals surface area (Å²) in [5.41, 5.74) is 3.37. The Labute approximate surface area is 128 Å². The molecule has 2 aromatic heterocycles. The highest BCUT2D eigenvalue weighted by Crippen LogP contribution is 2.25. The number of aryl methyl sites for hydroxylation is 1. The predicted octanol–water partition coefficient (Wildman–Crippen LogP) is 3.03. The monoisotopic (exact) mass is 301 g/mol. The van der Waals surface area contributed by atoms with Crippen LogP contribution in [0.4, 0.5) is 5.82 Å². The maximum Gasteiger partial charge on any atom is 0.255 e. The minimum absolute atomic E-state index is 0.460. The van der Waals surface area contributed by atoms with Crippen LogP contribution in [-0.2, 0) is 6.54 Å². The number of halogens is 1. The molecule has 0 saturated carbocycles. The van der Waals surface area contributed by atoms with E-state index in [0.717, 1.165) is 17.9 Å². The van der Waals surface area contributed by atoms with Crippen LogP contribution in [0, 0.1) is 13.8 Å². The first-order valence-corrected chi connectivity index (χ1v) is 7.06. The molecule has 0 aliphatic rings. The number of aromatic nitrogens is 4. The zero-order chi connectivity index (χ0) is 15.0. The molecule has 0 aliphatic heterocycles. The molecule has 21 heavy (non-hydrogen) atoms. The van der Waals surface area contributed by atoms with Crippen LogP contribution in [0.15, 0.2) is 30.6 Å². The fraction of sp³-hybridized carbons (Fsp3) is 0.267. The predicted molar refractivity (Wildman–Crippen MR) is 83.8 cm³/mol. The normalized spacial score (nSPS) is 11.0. The summed E-state index contributed by atoms with van der Waals surface area (Å²) in [5, 5.41) is 4.70. The zero-order valence-corrected chi connectivity index (χ0v) is 13.0. The Kier molecular flexibility index (Phi) is 3.51. The first-order valence-electron chi connectivity index (χ1n) is 6.69. The van der Waals surface area contributed by atoms with E-state index in [9.17, 15) is 0 Å². The van der Waals surface area contributed by atoms with Gasteiger partial charge in [0, 0.05) is 19.2 Å². The van der Waals surface area contributed by atoms with E-state index in [0.29, 0.717) is 10.9 Å². The summed E-state index contributed by atoms with van der Waals surface area (Å²) in [4.78, 5) is 10.5. The Balaban J connectivity index is 2.03. The minimum atomic E-state index is 0.460. The molecular weight excluding hydrogens is 286 g/mol. The fourth-order valence-electron chi connectivity index (χ4n) is 2.49. The summed E-state index contributed by atoms with van der Waals surface area (Å²) in [7, 11) is 2.02. The lowest BCUT2D eigenvalue weighted by Gasteiger charge is -2.22. The van der Waals surface area contributed by atoms with Crippen molar-refractivity contribution >= 4 is 23.2 Å². The van der Waals surface area contributed by atoms with E-state index >= 15 is 0 Å². The molecule has 6 heteroatoms. The lowest BCUT2D eigenvalue weighted by Crippen LogP contribution is -2.21. The molecule has 108 valence electrons. The highest BCUT2D eigenvalue weighted by molar-refractivity contribution is 6.30. The van der Waals surface area contributed by atoms with Crippen molar-refractivity contribution in [2.75, 3.05) is 11.9 Å². The average molecular weight is 302 g/mol. The highest BCUT2D eigenvalue weighted by Gasteiger charge is 2.16. The van der Waals surface area contributed by atoms with Gasteiger partial charge in [0.15, 0.2) is 0 Å². The van der Waals surface area contributed by atoms with Crippen LogP contribution < -0.4 is 4.90 Å². The summed E-state index contributed by atoms with van der Waals surface area (Å²) < 4.78 is 1.72. The average Bonchev–Trinajstić information content (AvgIpc) is 2.87. The highest BCUT2D eigenvalue weighted by atomic mass is 35.5. The molecule has 2 heterocycles. The quantitative estimate of drug-likeness (QED) is 0.698. The second-order valence-electron chi connectivity index (χ2n) is 5.17. The van der Waals surface area contributed by atoms with Gasteiger partial charge < -0.3 is 4.90 Å². The molecule has 0 amide bonds. The molecule has 0 fully saturated rings. The van der Waals surface area contributed by atoms with E-state index in [1.807, 2.05) is 14.0 Å². The molecule has 1 aromatic carbocycles. The SMILES string of the molecule is Cc1cccc(CN(C)c2c(C)c(Cl)nc3ncnn23)c1. The molecule has 0 spiro atoms. The smallest absolute Gasteiger partial charge is 0.255 e. The number of benzene rings is 1. The van der Waals surface area contributed by atoms with E-state index in [2.05, 4.69) is 51.2 Å². The van der Waals surface area contributed by atoms with Crippen molar-refractivity contribution in [2.45, 2.75) is 20.4 Å². The maximum absolute atomic E-state index is 6.20. The van der Waals surface area contributed by atoms with Crippen molar-refractivity contribution < 1.29 is 0 Å². The molecule has 5 nitrogen and oxygen atoms in total. The Morgan fingerprint density at radius 1 is 1.29 bits per heavy atom. The number of nitrogens with zero attached hydrogens (tertiary/aromatic N) is 5. The largest absolute Gasteiger partial charge is 0.355 e. The summed E-state index contributed by atoms with van der Waals surface area (Å²) in [6.45, 7) is 4.80. The van der Waals surface area contributed by atoms with Crippen molar-refractivity contribution in [3.8, 4) is 0 Å². The third kappa shape index (κ3) is 2.56. The molecule has 0 unspecified atom stereocenters. The molecule has 0 N–H and O–H groups in total. The zero-order valence-electron chi connectivity index (χ0n) is 12.2. The second kappa shape index (κ2) is 5.33. The van der Waals surface area contributed by atoms with Crippen LogP contribution in [0.5, 0.6) is 0 Å². The first kappa shape index (κ1) is 13.8. The van der Waals surface area contributed by atoms with Gasteiger partial charge in [0.1, 0.15) is 17.3 Å². The fourth-order valence-corrected chi connectivity index (χ4v) is 2.65. The van der Waals surface area contributed by atoms with Gasteiger partial charge in [0.05, 0.1) is 0 Å². The van der Waals surface area contributed by atoms with Crippen molar-refractivity contribution in [2.24, 2.45) is 0 Å². The van der Waals surface area contributed by atoms with Crippen LogP contribution in [0.2, 0.25) is 5.15 Å². The van der Waals surface area contributed by atoms with E-state index in [-0.39, 0.29) is 0 Å². The Morgan fingerprint density at radius 3 is 2.86 bits per heavy atom. The van der Waals surface area contributed by atoms with Crippen LogP contribution in [0.1, 0.15) is 16.7 Å². The van der Waals surface area contributed by atoms with Gasteiger partial charge in [-0.15, -0.1) is 0 Å². The van der Waals surface area contributed by atoms with Crippen molar-refractivity contribution in [1.29, 1.82) is 0 Å². The second-order valence-corrected chi connectivity index (χ2v) is 5.53. The van der Waals surface area contributed by atoms with Gasteiger partial charge >= 0.3 is 0 Å². The molecular formula is C15H16ClN5. The van der Waals surface area contributed by atoms with Gasteiger partial charge in [0.2, 0.25) is 0 Å². The summed E-state index contributed by atoms with van der Waals surface area (Å²) >= 11 is 6.20. The van der Waals surface area contributed by atoms with Gasteiger partial charge in [-0.3, -0.25) is 0 Å². The standard InChI is InChI=1S/C15H16ClN5/c1-10-5-4-6-12(7-10)8-20(3)14-11(2)13(16)19-15-17-9-18-21(14)15/h4-7,9H,8H2,1-3H3. The van der Waals surface area contributed by atoms with Crippen LogP contribution in [-0.4, -0.2) is 26.6 Å². The van der Waals surface area contributed by atoms with E-state index in [1.165, 1.54) is 17.5 Å². The number of rotatable bonds is 3. The Hall–Kier alpha value is -2.14. The van der Waals surface area contributed by atoms with Gasteiger partial charge in [-0.25, -0.2) is 0 Å². The van der Waals surface area contributed by atoms with Crippen molar-refractivity contribution in [1.82, 2.24) is 19.6 Å². The van der Waals surface area contributed by atoms with Gasteiger partial charge in [-0.05, 0) is 19.4 Å². The van der Waals surface area contributed by atoms with Gasteiger partial charge in [0.25, 0.3) is 5.78 Å². The Bertz CT molecular complexity index is 796. The number of hydrogen-bond acceptors (Lipinski definition) is 4. The van der Waals surface area contributed by atoms with Gasteiger partial charge in [-0.2, -0.15) is 19.6 Å². The van der Waals surface area contributed by atoms with Crippen LogP contribution >= 0.6 is 11.6 Å². The van der Waals surface area contributed by atoms with Crippen molar-refractivity contribution in [3.63, 3.8) is 0 Å². The topological polar surface area (TPSA) is 46.3 Å². The third-order valence-electron chi connectivity index (χ3n) is 3.44. The van der Waals surface area contributed by atoms with Crippen molar-refractivity contribution in [3.05, 3.63) is 52.4 Å². The molecule has 3 aromatic rings. The lowest BCUT2D eigenvalue weighted by atomic mass is 10.1. The molecule has 0 aliphatic carbocycles. The van der Waals surface area contributed by atoms with Crippen LogP contribution in [0.3, 0.4) is 0 Å². The number of fused-ring (bicyclic) bond motifs is 1. The summed E-state index contributed by atoms with van der Waals surface area (Å²) in [6, 6.07) is 8.44. The summed E-state index contributed by atoms with van der Waals surface area (Å²) in [5.74, 6) is 1.42. The van der Waals surface area contributed by atoms with E-state index in [1.54, 1.807) is 4.52 Å². The minimum Gasteiger partial charge on any atom is -0.355 e. The summed E-state index contributed by atoms with van der Waals surface area (Å²) in [6.07, 6.45) is 1.49. The Morgan fingerprint density at radius 2 is 2.10 bits per heavy atom. The van der Waals surface area contributed by atoms with E-state index < -0.39 is 0 Å². The molecule has 0 radical (unpaired) electrons. The molecule has 0 bridgehead atoms. The molecule has 0 saturated heterocycles. The maximum atomic E-state index is 6.20. The molecule has 0 atom stereocenters. The number of anilines is 1. The first-order chi connectivity index (χ1) is 10.1. The third-order valence-corrected chi connectivity index (χ3v) is 3.81. The number of hydrogen-bond donors (Lipinski definition) is 0. The van der Waals surface area contributed by atoms with E-state index in [4.69, 9.17) is 11.6 Å². The van der Waals surface area contributed by atoms with Crippen LogP contribution in [0.25, 0.3) is 5.78 Å². The molecule has 3 rings (SSSR count). The lowest BCUT2D eigenvalue weighted by molar-refractivity contribution is 0.823. The van der Waals surface area contributed by atoms with Gasteiger partial charge in [-0.1, -0.05) is 41.4 Å².